The van der Waals surface area contributed by atoms with E-state index in [0.29, 0.717) is 13.1 Å². The van der Waals surface area contributed by atoms with Crippen LogP contribution in [-0.2, 0) is 11.3 Å². The van der Waals surface area contributed by atoms with Gasteiger partial charge in [-0.05, 0) is 30.5 Å². The fraction of sp³-hybridized carbons (Fsp3) is 0.533. The lowest BCUT2D eigenvalue weighted by molar-refractivity contribution is -0.131. The maximum absolute atomic E-state index is 12.2. The molecular formula is C15H25ClN2O2. The van der Waals surface area contributed by atoms with E-state index in [2.05, 4.69) is 5.32 Å². The van der Waals surface area contributed by atoms with E-state index in [1.807, 2.05) is 38.1 Å². The summed E-state index contributed by atoms with van der Waals surface area (Å²) in [6, 6.07) is 7.66. The SMILES string of the molecule is CCC(CC)(CN)C(=O)NCc1ccc(OC)cc1.Cl. The molecule has 1 amide bonds. The number of carbonyl (C=O) groups is 1. The molecule has 0 unspecified atom stereocenters. The van der Waals surface area contributed by atoms with Crippen LogP contribution in [0.3, 0.4) is 0 Å². The molecule has 0 aliphatic rings. The number of benzene rings is 1. The van der Waals surface area contributed by atoms with Crippen LogP contribution in [0.4, 0.5) is 0 Å². The Balaban J connectivity index is 0.00000361. The summed E-state index contributed by atoms with van der Waals surface area (Å²) in [5, 5.41) is 2.97. The molecule has 0 saturated carbocycles. The number of methoxy groups -OCH3 is 1. The van der Waals surface area contributed by atoms with Gasteiger partial charge in [0.1, 0.15) is 5.75 Å². The zero-order chi connectivity index (χ0) is 14.3. The summed E-state index contributed by atoms with van der Waals surface area (Å²) in [5.41, 5.74) is 6.37. The number of halogens is 1. The highest BCUT2D eigenvalue weighted by molar-refractivity contribution is 5.85. The van der Waals surface area contributed by atoms with Crippen molar-refractivity contribution in [2.45, 2.75) is 33.2 Å². The van der Waals surface area contributed by atoms with E-state index in [9.17, 15) is 4.79 Å². The highest BCUT2D eigenvalue weighted by Gasteiger charge is 2.32. The maximum Gasteiger partial charge on any atom is 0.227 e. The van der Waals surface area contributed by atoms with Gasteiger partial charge in [-0.25, -0.2) is 0 Å². The second-order valence-electron chi connectivity index (χ2n) is 4.72. The number of hydrogen-bond acceptors (Lipinski definition) is 3. The summed E-state index contributed by atoms with van der Waals surface area (Å²) in [4.78, 5) is 12.2. The van der Waals surface area contributed by atoms with Crippen LogP contribution in [0.2, 0.25) is 0 Å². The molecule has 114 valence electrons. The highest BCUT2D eigenvalue weighted by atomic mass is 35.5. The molecule has 1 aromatic carbocycles. The van der Waals surface area contributed by atoms with E-state index in [1.165, 1.54) is 0 Å². The zero-order valence-corrected chi connectivity index (χ0v) is 13.3. The van der Waals surface area contributed by atoms with Crippen molar-refractivity contribution in [1.29, 1.82) is 0 Å². The molecule has 5 heteroatoms. The van der Waals surface area contributed by atoms with E-state index < -0.39 is 5.41 Å². The van der Waals surface area contributed by atoms with Crippen LogP contribution < -0.4 is 15.8 Å². The van der Waals surface area contributed by atoms with Gasteiger partial charge in [0, 0.05) is 13.1 Å². The zero-order valence-electron chi connectivity index (χ0n) is 12.4. The number of nitrogens with two attached hydrogens (primary N) is 1. The van der Waals surface area contributed by atoms with Crippen LogP contribution in [0, 0.1) is 5.41 Å². The second-order valence-corrected chi connectivity index (χ2v) is 4.72. The second kappa shape index (κ2) is 8.82. The number of hydrogen-bond donors (Lipinski definition) is 2. The minimum atomic E-state index is -0.438. The average molecular weight is 301 g/mol. The molecule has 3 N–H and O–H groups in total. The van der Waals surface area contributed by atoms with Gasteiger partial charge in [0.05, 0.1) is 12.5 Å². The fourth-order valence-corrected chi connectivity index (χ4v) is 2.07. The van der Waals surface area contributed by atoms with Crippen molar-refractivity contribution in [2.75, 3.05) is 13.7 Å². The van der Waals surface area contributed by atoms with E-state index >= 15 is 0 Å². The van der Waals surface area contributed by atoms with Crippen LogP contribution >= 0.6 is 12.4 Å². The first-order valence-electron chi connectivity index (χ1n) is 6.73. The van der Waals surface area contributed by atoms with Crippen LogP contribution in [0.25, 0.3) is 0 Å². The molecule has 20 heavy (non-hydrogen) atoms. The minimum Gasteiger partial charge on any atom is -0.497 e. The largest absolute Gasteiger partial charge is 0.497 e. The number of amides is 1. The third-order valence-electron chi connectivity index (χ3n) is 3.84. The summed E-state index contributed by atoms with van der Waals surface area (Å²) in [7, 11) is 1.63. The Kier molecular flexibility index (Phi) is 8.26. The van der Waals surface area contributed by atoms with Crippen molar-refractivity contribution in [2.24, 2.45) is 11.1 Å². The van der Waals surface area contributed by atoms with Gasteiger partial charge in [0.15, 0.2) is 0 Å². The van der Waals surface area contributed by atoms with Crippen molar-refractivity contribution < 1.29 is 9.53 Å². The number of nitrogens with one attached hydrogen (secondary N) is 1. The number of rotatable bonds is 7. The van der Waals surface area contributed by atoms with Gasteiger partial charge in [-0.2, -0.15) is 0 Å². The first-order valence-corrected chi connectivity index (χ1v) is 6.73. The quantitative estimate of drug-likeness (QED) is 0.813. The standard InChI is InChI=1S/C15H24N2O2.ClH/c1-4-15(5-2,11-16)14(18)17-10-12-6-8-13(19-3)9-7-12;/h6-9H,4-5,10-11,16H2,1-3H3,(H,17,18);1H. The predicted molar refractivity (Wildman–Crippen MR) is 84.2 cm³/mol. The smallest absolute Gasteiger partial charge is 0.227 e. The average Bonchev–Trinajstić information content (AvgIpc) is 2.48. The van der Waals surface area contributed by atoms with Gasteiger partial charge in [-0.1, -0.05) is 26.0 Å². The summed E-state index contributed by atoms with van der Waals surface area (Å²) in [5.74, 6) is 0.851. The molecule has 0 heterocycles. The lowest BCUT2D eigenvalue weighted by Gasteiger charge is -2.28. The van der Waals surface area contributed by atoms with Gasteiger partial charge < -0.3 is 15.8 Å². The Morgan fingerprint density at radius 2 is 1.80 bits per heavy atom. The molecule has 0 saturated heterocycles. The monoisotopic (exact) mass is 300 g/mol. The molecular weight excluding hydrogens is 276 g/mol. The third-order valence-corrected chi connectivity index (χ3v) is 3.84. The fourth-order valence-electron chi connectivity index (χ4n) is 2.07. The minimum absolute atomic E-state index is 0. The van der Waals surface area contributed by atoms with Gasteiger partial charge in [-0.3, -0.25) is 4.79 Å². The summed E-state index contributed by atoms with van der Waals surface area (Å²) >= 11 is 0. The van der Waals surface area contributed by atoms with Gasteiger partial charge >= 0.3 is 0 Å². The van der Waals surface area contributed by atoms with Crippen LogP contribution in [0.5, 0.6) is 5.75 Å². The van der Waals surface area contributed by atoms with Crippen molar-refractivity contribution >= 4 is 18.3 Å². The molecule has 0 spiro atoms. The summed E-state index contributed by atoms with van der Waals surface area (Å²) in [6.07, 6.45) is 1.52. The van der Waals surface area contributed by atoms with Crippen molar-refractivity contribution in [1.82, 2.24) is 5.32 Å². The van der Waals surface area contributed by atoms with E-state index in [-0.39, 0.29) is 18.3 Å². The van der Waals surface area contributed by atoms with Crippen LogP contribution in [-0.4, -0.2) is 19.6 Å². The third kappa shape index (κ3) is 4.39. The van der Waals surface area contributed by atoms with Crippen molar-refractivity contribution in [3.63, 3.8) is 0 Å². The molecule has 0 aliphatic carbocycles. The summed E-state index contributed by atoms with van der Waals surface area (Å²) in [6.45, 7) is 4.91. The van der Waals surface area contributed by atoms with E-state index in [4.69, 9.17) is 10.5 Å². The first kappa shape index (κ1) is 18.7. The molecule has 0 radical (unpaired) electrons. The van der Waals surface area contributed by atoms with Gasteiger partial charge in [-0.15, -0.1) is 12.4 Å². The Bertz CT molecular complexity index is 395. The Hall–Kier alpha value is -1.26. The Morgan fingerprint density at radius 3 is 2.20 bits per heavy atom. The Labute approximate surface area is 127 Å². The van der Waals surface area contributed by atoms with Crippen molar-refractivity contribution in [3.05, 3.63) is 29.8 Å². The van der Waals surface area contributed by atoms with E-state index in [0.717, 1.165) is 24.2 Å². The highest BCUT2D eigenvalue weighted by Crippen LogP contribution is 2.25. The molecule has 0 atom stereocenters. The number of ether oxygens (including phenoxy) is 1. The predicted octanol–water partition coefficient (Wildman–Crippen LogP) is 2.50. The summed E-state index contributed by atoms with van der Waals surface area (Å²) < 4.78 is 5.10. The molecule has 0 aliphatic heterocycles. The lowest BCUT2D eigenvalue weighted by Crippen LogP contribution is -2.45. The lowest BCUT2D eigenvalue weighted by atomic mass is 9.81. The molecule has 0 aromatic heterocycles. The Morgan fingerprint density at radius 1 is 1.25 bits per heavy atom. The van der Waals surface area contributed by atoms with E-state index in [1.54, 1.807) is 7.11 Å². The molecule has 4 nitrogen and oxygen atoms in total. The van der Waals surface area contributed by atoms with Gasteiger partial charge in [0.25, 0.3) is 0 Å². The molecule has 1 rings (SSSR count). The maximum atomic E-state index is 12.2. The van der Waals surface area contributed by atoms with Crippen molar-refractivity contribution in [3.8, 4) is 5.75 Å². The number of carbonyl (C=O) groups excluding carboxylic acids is 1. The normalized spacial score (nSPS) is 10.6. The van der Waals surface area contributed by atoms with Crippen LogP contribution in [0.1, 0.15) is 32.3 Å². The topological polar surface area (TPSA) is 64.4 Å². The molecule has 1 aromatic rings. The molecule has 0 bridgehead atoms. The molecule has 0 fully saturated rings. The van der Waals surface area contributed by atoms with Gasteiger partial charge in [0.2, 0.25) is 5.91 Å². The first-order chi connectivity index (χ1) is 9.11. The van der Waals surface area contributed by atoms with Crippen LogP contribution in [0.15, 0.2) is 24.3 Å².